The average Bonchev–Trinajstić information content (AvgIpc) is 2.74. The number of likely N-dealkylation sites (N-methyl/N-ethyl adjacent to an activating group) is 2. The van der Waals surface area contributed by atoms with Crippen LogP contribution in [0.3, 0.4) is 0 Å². The molecule has 1 amide bonds. The maximum absolute atomic E-state index is 14.5. The number of carbonyl (C=O) groups excluding carboxylic acids is 1. The molecule has 0 unspecified atom stereocenters. The predicted octanol–water partition coefficient (Wildman–Crippen LogP) is 4.60. The standard InChI is InChI=1S/C23H28F4N4O/c1-15(2)13-31(22(32)20-9-8-16(10-21(20)24)23(25,26)27)19-7-5-6-18(11-19)30(4)14-17(12-28)29-3/h5-12,15,29H,13-14,28H2,1-4H3/b17-12-. The molecule has 5 nitrogen and oxygen atoms in total. The molecule has 2 aromatic carbocycles. The molecule has 0 heterocycles. The quantitative estimate of drug-likeness (QED) is 0.575. The number of nitrogens with two attached hydrogens (primary N) is 1. The van der Waals surface area contributed by atoms with Gasteiger partial charge in [-0.2, -0.15) is 13.2 Å². The van der Waals surface area contributed by atoms with E-state index < -0.39 is 29.0 Å². The lowest BCUT2D eigenvalue weighted by Crippen LogP contribution is -2.35. The van der Waals surface area contributed by atoms with Gasteiger partial charge in [-0.1, -0.05) is 19.9 Å². The van der Waals surface area contributed by atoms with Gasteiger partial charge in [-0.25, -0.2) is 4.39 Å². The molecule has 174 valence electrons. The molecule has 2 aromatic rings. The minimum absolute atomic E-state index is 0.0360. The Morgan fingerprint density at radius 1 is 1.16 bits per heavy atom. The van der Waals surface area contributed by atoms with E-state index in [-0.39, 0.29) is 12.5 Å². The maximum Gasteiger partial charge on any atom is 0.416 e. The molecule has 9 heteroatoms. The number of rotatable bonds is 8. The SMILES string of the molecule is CN/C(=C\N)CN(C)c1cccc(N(CC(C)C)C(=O)c2ccc(C(F)(F)F)cc2F)c1. The van der Waals surface area contributed by atoms with Crippen molar-refractivity contribution in [3.05, 3.63) is 71.3 Å². The number of nitrogens with zero attached hydrogens (tertiary/aromatic N) is 2. The van der Waals surface area contributed by atoms with E-state index >= 15 is 0 Å². The molecule has 0 aliphatic rings. The van der Waals surface area contributed by atoms with E-state index in [0.717, 1.165) is 17.5 Å². The van der Waals surface area contributed by atoms with E-state index in [9.17, 15) is 22.4 Å². The van der Waals surface area contributed by atoms with Crippen molar-refractivity contribution in [3.8, 4) is 0 Å². The molecule has 0 aliphatic carbocycles. The molecule has 0 atom stereocenters. The van der Waals surface area contributed by atoms with Gasteiger partial charge in [-0.3, -0.25) is 4.79 Å². The number of amides is 1. The molecule has 0 fully saturated rings. The van der Waals surface area contributed by atoms with Crippen molar-refractivity contribution in [3.63, 3.8) is 0 Å². The van der Waals surface area contributed by atoms with Gasteiger partial charge in [-0.05, 0) is 42.3 Å². The van der Waals surface area contributed by atoms with E-state index in [1.165, 1.54) is 11.1 Å². The van der Waals surface area contributed by atoms with Gasteiger partial charge < -0.3 is 20.9 Å². The zero-order chi connectivity index (χ0) is 24.1. The van der Waals surface area contributed by atoms with Crippen LogP contribution in [-0.2, 0) is 6.18 Å². The molecule has 3 N–H and O–H groups in total. The van der Waals surface area contributed by atoms with Crippen LogP contribution in [0.5, 0.6) is 0 Å². The summed E-state index contributed by atoms with van der Waals surface area (Å²) < 4.78 is 53.1. The first-order valence-electron chi connectivity index (χ1n) is 10.1. The van der Waals surface area contributed by atoms with Crippen LogP contribution < -0.4 is 20.9 Å². The van der Waals surface area contributed by atoms with Crippen molar-refractivity contribution in [2.75, 3.05) is 37.0 Å². The van der Waals surface area contributed by atoms with Crippen molar-refractivity contribution >= 4 is 17.3 Å². The Balaban J connectivity index is 2.41. The van der Waals surface area contributed by atoms with Gasteiger partial charge in [0.25, 0.3) is 5.91 Å². The third-order valence-electron chi connectivity index (χ3n) is 4.83. The van der Waals surface area contributed by atoms with Crippen LogP contribution in [0.4, 0.5) is 28.9 Å². The molecule has 0 bridgehead atoms. The highest BCUT2D eigenvalue weighted by Gasteiger charge is 2.32. The Hall–Kier alpha value is -3.23. The summed E-state index contributed by atoms with van der Waals surface area (Å²) in [5.41, 5.74) is 6.12. The van der Waals surface area contributed by atoms with Gasteiger partial charge in [0.05, 0.1) is 17.7 Å². The van der Waals surface area contributed by atoms with Crippen LogP contribution in [0.1, 0.15) is 29.8 Å². The summed E-state index contributed by atoms with van der Waals surface area (Å²) in [6, 6.07) is 9.04. The molecule has 0 radical (unpaired) electrons. The Labute approximate surface area is 185 Å². The van der Waals surface area contributed by atoms with E-state index in [2.05, 4.69) is 5.32 Å². The van der Waals surface area contributed by atoms with Crippen LogP contribution in [0.25, 0.3) is 0 Å². The highest BCUT2D eigenvalue weighted by atomic mass is 19.4. The zero-order valence-electron chi connectivity index (χ0n) is 18.5. The molecule has 2 rings (SSSR count). The lowest BCUT2D eigenvalue weighted by molar-refractivity contribution is -0.137. The summed E-state index contributed by atoms with van der Waals surface area (Å²) in [6.07, 6.45) is -3.23. The Morgan fingerprint density at radius 3 is 2.34 bits per heavy atom. The van der Waals surface area contributed by atoms with Crippen LogP contribution >= 0.6 is 0 Å². The fourth-order valence-electron chi connectivity index (χ4n) is 3.14. The van der Waals surface area contributed by atoms with E-state index in [0.29, 0.717) is 24.4 Å². The molecule has 0 aliphatic heterocycles. The van der Waals surface area contributed by atoms with Crippen molar-refractivity contribution in [2.24, 2.45) is 11.7 Å². The van der Waals surface area contributed by atoms with Gasteiger partial charge in [0, 0.05) is 43.9 Å². The van der Waals surface area contributed by atoms with E-state index in [4.69, 9.17) is 5.73 Å². The lowest BCUT2D eigenvalue weighted by Gasteiger charge is -2.27. The van der Waals surface area contributed by atoms with Gasteiger partial charge in [-0.15, -0.1) is 0 Å². The summed E-state index contributed by atoms with van der Waals surface area (Å²) in [4.78, 5) is 16.5. The van der Waals surface area contributed by atoms with E-state index in [1.54, 1.807) is 25.2 Å². The minimum Gasteiger partial charge on any atom is -0.403 e. The third-order valence-corrected chi connectivity index (χ3v) is 4.83. The number of anilines is 2. The number of alkyl halides is 3. The second-order valence-electron chi connectivity index (χ2n) is 7.82. The molecular weight excluding hydrogens is 424 g/mol. The Kier molecular flexibility index (Phi) is 8.13. The maximum atomic E-state index is 14.5. The largest absolute Gasteiger partial charge is 0.416 e. The van der Waals surface area contributed by atoms with E-state index in [1.807, 2.05) is 31.9 Å². The second kappa shape index (κ2) is 10.4. The molecular formula is C23H28F4N4O. The monoisotopic (exact) mass is 452 g/mol. The van der Waals surface area contributed by atoms with Crippen LogP contribution in [0.2, 0.25) is 0 Å². The van der Waals surface area contributed by atoms with Gasteiger partial charge in [0.15, 0.2) is 0 Å². The molecule has 0 saturated carbocycles. The lowest BCUT2D eigenvalue weighted by atomic mass is 10.1. The van der Waals surface area contributed by atoms with Gasteiger partial charge >= 0.3 is 6.18 Å². The van der Waals surface area contributed by atoms with Crippen molar-refractivity contribution in [2.45, 2.75) is 20.0 Å². The molecule has 0 spiro atoms. The summed E-state index contributed by atoms with van der Waals surface area (Å²) >= 11 is 0. The summed E-state index contributed by atoms with van der Waals surface area (Å²) in [7, 11) is 3.61. The number of halogens is 4. The number of hydrogen-bond donors (Lipinski definition) is 2. The predicted molar refractivity (Wildman–Crippen MR) is 119 cm³/mol. The molecule has 32 heavy (non-hydrogen) atoms. The minimum atomic E-state index is -4.69. The smallest absolute Gasteiger partial charge is 0.403 e. The number of carbonyl (C=O) groups is 1. The normalized spacial score (nSPS) is 12.1. The topological polar surface area (TPSA) is 61.6 Å². The Bertz CT molecular complexity index is 973. The van der Waals surface area contributed by atoms with Crippen molar-refractivity contribution in [1.29, 1.82) is 0 Å². The molecule has 0 aromatic heterocycles. The Morgan fingerprint density at radius 2 is 1.81 bits per heavy atom. The first-order chi connectivity index (χ1) is 15.0. The summed E-state index contributed by atoms with van der Waals surface area (Å²) in [5, 5.41) is 2.99. The third kappa shape index (κ3) is 6.15. The van der Waals surface area contributed by atoms with Crippen molar-refractivity contribution in [1.82, 2.24) is 5.32 Å². The summed E-state index contributed by atoms with van der Waals surface area (Å²) in [5.74, 6) is -1.88. The number of nitrogens with one attached hydrogen (secondary N) is 1. The first-order valence-corrected chi connectivity index (χ1v) is 10.1. The second-order valence-corrected chi connectivity index (χ2v) is 7.82. The van der Waals surface area contributed by atoms with Crippen LogP contribution in [0, 0.1) is 11.7 Å². The van der Waals surface area contributed by atoms with Gasteiger partial charge in [0.1, 0.15) is 5.82 Å². The van der Waals surface area contributed by atoms with Crippen LogP contribution in [-0.4, -0.2) is 33.1 Å². The van der Waals surface area contributed by atoms with Crippen LogP contribution in [0.15, 0.2) is 54.4 Å². The molecule has 0 saturated heterocycles. The van der Waals surface area contributed by atoms with Gasteiger partial charge in [0.2, 0.25) is 0 Å². The van der Waals surface area contributed by atoms with Crippen molar-refractivity contribution < 1.29 is 22.4 Å². The highest BCUT2D eigenvalue weighted by molar-refractivity contribution is 6.06. The zero-order valence-corrected chi connectivity index (χ0v) is 18.5. The first kappa shape index (κ1) is 25.0. The highest BCUT2D eigenvalue weighted by Crippen LogP contribution is 2.31. The number of benzene rings is 2. The summed E-state index contributed by atoms with van der Waals surface area (Å²) in [6.45, 7) is 4.54. The average molecular weight is 452 g/mol. The fourth-order valence-corrected chi connectivity index (χ4v) is 3.14. The fraction of sp³-hybridized carbons (Fsp3) is 0.348. The number of hydrogen-bond acceptors (Lipinski definition) is 4.